The predicted octanol–water partition coefficient (Wildman–Crippen LogP) is 3.71. The molecule has 0 aliphatic rings. The first kappa shape index (κ1) is 19.7. The number of nitrogens with one attached hydrogen (secondary N) is 1. The van der Waals surface area contributed by atoms with E-state index >= 15 is 0 Å². The summed E-state index contributed by atoms with van der Waals surface area (Å²) in [4.78, 5) is -0.221. The molecule has 2 aromatic rings. The largest absolute Gasteiger partial charge is 0.573 e. The fourth-order valence-electron chi connectivity index (χ4n) is 2.11. The molecule has 0 aromatic heterocycles. The normalized spacial score (nSPS) is 11.8. The second-order valence-corrected chi connectivity index (χ2v) is 6.83. The van der Waals surface area contributed by atoms with Crippen LogP contribution >= 0.6 is 0 Å². The number of sulfonamides is 1. The van der Waals surface area contributed by atoms with Crippen LogP contribution in [0.4, 0.5) is 18.9 Å². The molecule has 2 rings (SSSR count). The molecule has 0 fully saturated rings. The molecule has 0 bridgehead atoms. The highest BCUT2D eigenvalue weighted by Gasteiger charge is 2.31. The molecule has 1 N–H and O–H groups in total. The molecule has 6 nitrogen and oxygen atoms in total. The first-order valence-electron chi connectivity index (χ1n) is 7.17. The van der Waals surface area contributed by atoms with Crippen LogP contribution in [0.5, 0.6) is 17.2 Å². The van der Waals surface area contributed by atoms with Gasteiger partial charge in [0.1, 0.15) is 5.75 Å². The van der Waals surface area contributed by atoms with Crippen LogP contribution in [-0.4, -0.2) is 29.0 Å². The van der Waals surface area contributed by atoms with Crippen molar-refractivity contribution in [2.24, 2.45) is 0 Å². The number of benzene rings is 2. The maximum atomic E-state index is 12.5. The summed E-state index contributed by atoms with van der Waals surface area (Å²) < 4.78 is 77.8. The summed E-state index contributed by atoms with van der Waals surface area (Å²) in [6.07, 6.45) is -4.85. The Morgan fingerprint density at radius 2 is 1.50 bits per heavy atom. The maximum absolute atomic E-state index is 12.5. The highest BCUT2D eigenvalue weighted by atomic mass is 32.2. The van der Waals surface area contributed by atoms with Crippen molar-refractivity contribution in [3.05, 3.63) is 42.0 Å². The van der Waals surface area contributed by atoms with Gasteiger partial charge in [-0.3, -0.25) is 4.72 Å². The second-order valence-electron chi connectivity index (χ2n) is 5.15. The van der Waals surface area contributed by atoms with Crippen LogP contribution in [0.1, 0.15) is 5.56 Å². The van der Waals surface area contributed by atoms with Crippen molar-refractivity contribution < 1.29 is 35.8 Å². The number of hydrogen-bond acceptors (Lipinski definition) is 5. The lowest BCUT2D eigenvalue weighted by atomic mass is 10.2. The quantitative estimate of drug-likeness (QED) is 0.813. The van der Waals surface area contributed by atoms with E-state index in [0.29, 0.717) is 17.1 Å². The zero-order valence-electron chi connectivity index (χ0n) is 14.0. The van der Waals surface area contributed by atoms with E-state index in [4.69, 9.17) is 9.47 Å². The molecule has 0 radical (unpaired) electrons. The van der Waals surface area contributed by atoms with Crippen molar-refractivity contribution in [1.29, 1.82) is 0 Å². The van der Waals surface area contributed by atoms with Crippen molar-refractivity contribution in [3.8, 4) is 17.2 Å². The molecule has 0 saturated carbocycles. The number of anilines is 1. The van der Waals surface area contributed by atoms with E-state index in [9.17, 15) is 21.6 Å². The lowest BCUT2D eigenvalue weighted by Gasteiger charge is -2.15. The SMILES string of the molecule is COc1cc(C)c(NS(=O)(=O)c2ccc(OC(F)(F)F)cc2)cc1OC. The predicted molar refractivity (Wildman–Crippen MR) is 88.2 cm³/mol. The highest BCUT2D eigenvalue weighted by Crippen LogP contribution is 2.34. The second kappa shape index (κ2) is 7.32. The average molecular weight is 391 g/mol. The summed E-state index contributed by atoms with van der Waals surface area (Å²) in [5.74, 6) is 0.241. The van der Waals surface area contributed by atoms with Crippen LogP contribution < -0.4 is 18.9 Å². The van der Waals surface area contributed by atoms with Gasteiger partial charge >= 0.3 is 6.36 Å². The van der Waals surface area contributed by atoms with Gasteiger partial charge in [0, 0.05) is 6.07 Å². The first-order chi connectivity index (χ1) is 12.1. The molecule has 0 heterocycles. The minimum Gasteiger partial charge on any atom is -0.493 e. The van der Waals surface area contributed by atoms with Crippen molar-refractivity contribution in [3.63, 3.8) is 0 Å². The summed E-state index contributed by atoms with van der Waals surface area (Å²) in [5, 5.41) is 0. The average Bonchev–Trinajstić information content (AvgIpc) is 2.55. The molecule has 0 saturated heterocycles. The summed E-state index contributed by atoms with van der Waals surface area (Å²) >= 11 is 0. The Bertz CT molecular complexity index is 880. The van der Waals surface area contributed by atoms with Crippen LogP contribution in [0.25, 0.3) is 0 Å². The number of alkyl halides is 3. The number of ether oxygens (including phenoxy) is 3. The van der Waals surface area contributed by atoms with Gasteiger partial charge in [0.25, 0.3) is 10.0 Å². The molecule has 0 atom stereocenters. The lowest BCUT2D eigenvalue weighted by Crippen LogP contribution is -2.17. The summed E-state index contributed by atoms with van der Waals surface area (Å²) in [6.45, 7) is 1.67. The van der Waals surface area contributed by atoms with Gasteiger partial charge in [0.15, 0.2) is 11.5 Å². The summed E-state index contributed by atoms with van der Waals surface area (Å²) in [6, 6.07) is 6.91. The Labute approximate surface area is 148 Å². The van der Waals surface area contributed by atoms with E-state index < -0.39 is 22.1 Å². The van der Waals surface area contributed by atoms with Crippen LogP contribution in [0.3, 0.4) is 0 Å². The Hall–Kier alpha value is -2.62. The number of halogens is 3. The van der Waals surface area contributed by atoms with Gasteiger partial charge in [-0.05, 0) is 42.8 Å². The van der Waals surface area contributed by atoms with Gasteiger partial charge in [0.2, 0.25) is 0 Å². The van der Waals surface area contributed by atoms with Crippen LogP contribution in [0, 0.1) is 6.92 Å². The summed E-state index contributed by atoms with van der Waals surface area (Å²) in [7, 11) is -1.17. The first-order valence-corrected chi connectivity index (χ1v) is 8.65. The Morgan fingerprint density at radius 1 is 0.962 bits per heavy atom. The molecule has 0 aliphatic heterocycles. The van der Waals surface area contributed by atoms with Crippen LogP contribution in [0.15, 0.2) is 41.3 Å². The maximum Gasteiger partial charge on any atom is 0.573 e. The molecule has 0 amide bonds. The number of hydrogen-bond donors (Lipinski definition) is 1. The topological polar surface area (TPSA) is 73.9 Å². The smallest absolute Gasteiger partial charge is 0.493 e. The minimum atomic E-state index is -4.85. The van der Waals surface area contributed by atoms with E-state index in [-0.39, 0.29) is 10.6 Å². The monoisotopic (exact) mass is 391 g/mol. The van der Waals surface area contributed by atoms with E-state index in [0.717, 1.165) is 24.3 Å². The van der Waals surface area contributed by atoms with E-state index in [1.54, 1.807) is 13.0 Å². The van der Waals surface area contributed by atoms with Crippen LogP contribution in [-0.2, 0) is 10.0 Å². The van der Waals surface area contributed by atoms with Gasteiger partial charge in [-0.2, -0.15) is 0 Å². The highest BCUT2D eigenvalue weighted by molar-refractivity contribution is 7.92. The molecular formula is C16H16F3NO5S. The zero-order valence-corrected chi connectivity index (χ0v) is 14.9. The Morgan fingerprint density at radius 3 is 2.00 bits per heavy atom. The van der Waals surface area contributed by atoms with Crippen molar-refractivity contribution >= 4 is 15.7 Å². The minimum absolute atomic E-state index is 0.221. The fraction of sp³-hybridized carbons (Fsp3) is 0.250. The zero-order chi connectivity index (χ0) is 19.5. The molecule has 142 valence electrons. The summed E-state index contributed by atoms with van der Waals surface area (Å²) in [5.41, 5.74) is 0.821. The number of rotatable bonds is 6. The van der Waals surface area contributed by atoms with E-state index in [2.05, 4.69) is 9.46 Å². The molecular weight excluding hydrogens is 375 g/mol. The number of methoxy groups -OCH3 is 2. The third-order valence-corrected chi connectivity index (χ3v) is 4.72. The van der Waals surface area contributed by atoms with Gasteiger partial charge < -0.3 is 14.2 Å². The lowest BCUT2D eigenvalue weighted by molar-refractivity contribution is -0.274. The fourth-order valence-corrected chi connectivity index (χ4v) is 3.24. The molecule has 0 spiro atoms. The molecule has 26 heavy (non-hydrogen) atoms. The van der Waals surface area contributed by atoms with Gasteiger partial charge in [0.05, 0.1) is 24.8 Å². The van der Waals surface area contributed by atoms with Crippen molar-refractivity contribution in [2.75, 3.05) is 18.9 Å². The standard InChI is InChI=1S/C16H16F3NO5S/c1-10-8-14(23-2)15(24-3)9-13(10)20-26(21,22)12-6-4-11(5-7-12)25-16(17,18)19/h4-9,20H,1-3H3. The van der Waals surface area contributed by atoms with Crippen molar-refractivity contribution in [1.82, 2.24) is 0 Å². The molecule has 2 aromatic carbocycles. The molecule has 0 aliphatic carbocycles. The third-order valence-electron chi connectivity index (χ3n) is 3.34. The van der Waals surface area contributed by atoms with Gasteiger partial charge in [-0.25, -0.2) is 8.42 Å². The molecule has 10 heteroatoms. The van der Waals surface area contributed by atoms with E-state index in [1.165, 1.54) is 20.3 Å². The van der Waals surface area contributed by atoms with Crippen LogP contribution in [0.2, 0.25) is 0 Å². The molecule has 0 unspecified atom stereocenters. The third kappa shape index (κ3) is 4.72. The van der Waals surface area contributed by atoms with Crippen molar-refractivity contribution in [2.45, 2.75) is 18.2 Å². The Balaban J connectivity index is 2.29. The van der Waals surface area contributed by atoms with Gasteiger partial charge in [-0.1, -0.05) is 0 Å². The van der Waals surface area contributed by atoms with Gasteiger partial charge in [-0.15, -0.1) is 13.2 Å². The Kier molecular flexibility index (Phi) is 5.55. The van der Waals surface area contributed by atoms with E-state index in [1.807, 2.05) is 0 Å². The number of aryl methyl sites for hydroxylation is 1.